The van der Waals surface area contributed by atoms with Gasteiger partial charge in [0.25, 0.3) is 0 Å². The van der Waals surface area contributed by atoms with Crippen molar-refractivity contribution in [3.63, 3.8) is 0 Å². The molecule has 12 heavy (non-hydrogen) atoms. The van der Waals surface area contributed by atoms with Crippen LogP contribution in [0.4, 0.5) is 5.69 Å². The number of benzene rings is 1. The van der Waals surface area contributed by atoms with Crippen LogP contribution in [0.3, 0.4) is 0 Å². The van der Waals surface area contributed by atoms with E-state index in [0.29, 0.717) is 6.54 Å². The highest BCUT2D eigenvalue weighted by Gasteiger charge is 1.99. The lowest BCUT2D eigenvalue weighted by atomic mass is 10.3. The van der Waals surface area contributed by atoms with Gasteiger partial charge in [0.15, 0.2) is 0 Å². The first kappa shape index (κ1) is 9.89. The first-order valence-corrected chi connectivity index (χ1v) is 5.40. The van der Waals surface area contributed by atoms with E-state index in [2.05, 4.69) is 15.9 Å². The summed E-state index contributed by atoms with van der Waals surface area (Å²) in [6, 6.07) is 5.83. The molecular formula is C8H11BrN2S. The lowest BCUT2D eigenvalue weighted by Crippen LogP contribution is -2.01. The van der Waals surface area contributed by atoms with E-state index in [0.717, 1.165) is 20.8 Å². The average molecular weight is 247 g/mol. The average Bonchev–Trinajstić information content (AvgIpc) is 2.07. The molecule has 0 bridgehead atoms. The van der Waals surface area contributed by atoms with Gasteiger partial charge in [0.2, 0.25) is 0 Å². The number of anilines is 1. The molecule has 0 aliphatic rings. The number of nitrogen functional groups attached to an aromatic ring is 1. The molecule has 0 radical (unpaired) electrons. The number of hydrogen-bond donors (Lipinski definition) is 2. The maximum atomic E-state index is 5.75. The Bertz CT molecular complexity index is 265. The van der Waals surface area contributed by atoms with Crippen LogP contribution >= 0.6 is 27.7 Å². The summed E-state index contributed by atoms with van der Waals surface area (Å²) in [6.07, 6.45) is 0. The summed E-state index contributed by atoms with van der Waals surface area (Å²) in [7, 11) is 0. The summed E-state index contributed by atoms with van der Waals surface area (Å²) in [5.74, 6) is 0.903. The summed E-state index contributed by atoms with van der Waals surface area (Å²) in [6.45, 7) is 0.677. The minimum atomic E-state index is 0.677. The Balaban J connectivity index is 2.75. The SMILES string of the molecule is NCCSc1cc(Br)ccc1N. The second kappa shape index (κ2) is 4.74. The highest BCUT2D eigenvalue weighted by Crippen LogP contribution is 2.27. The number of hydrogen-bond acceptors (Lipinski definition) is 3. The van der Waals surface area contributed by atoms with E-state index in [-0.39, 0.29) is 0 Å². The smallest absolute Gasteiger partial charge is 0.0453 e. The van der Waals surface area contributed by atoms with Gasteiger partial charge < -0.3 is 11.5 Å². The van der Waals surface area contributed by atoms with Crippen LogP contribution in [0.1, 0.15) is 0 Å². The monoisotopic (exact) mass is 246 g/mol. The third kappa shape index (κ3) is 2.69. The molecule has 4 N–H and O–H groups in total. The molecule has 0 spiro atoms. The summed E-state index contributed by atoms with van der Waals surface area (Å²) >= 11 is 5.07. The number of halogens is 1. The fourth-order valence-electron chi connectivity index (χ4n) is 0.802. The van der Waals surface area contributed by atoms with Crippen molar-refractivity contribution in [3.05, 3.63) is 22.7 Å². The molecule has 0 aromatic heterocycles. The minimum Gasteiger partial charge on any atom is -0.398 e. The first-order valence-electron chi connectivity index (χ1n) is 3.62. The molecule has 0 aliphatic heterocycles. The number of nitrogens with two attached hydrogens (primary N) is 2. The predicted octanol–water partition coefficient (Wildman–Crippen LogP) is 2.08. The van der Waals surface area contributed by atoms with E-state index < -0.39 is 0 Å². The van der Waals surface area contributed by atoms with Crippen LogP contribution in [0.15, 0.2) is 27.6 Å². The quantitative estimate of drug-likeness (QED) is 0.635. The fourth-order valence-corrected chi connectivity index (χ4v) is 2.10. The first-order chi connectivity index (χ1) is 5.74. The highest BCUT2D eigenvalue weighted by molar-refractivity contribution is 9.10. The van der Waals surface area contributed by atoms with Gasteiger partial charge in [0, 0.05) is 27.4 Å². The Morgan fingerprint density at radius 1 is 1.42 bits per heavy atom. The van der Waals surface area contributed by atoms with E-state index in [4.69, 9.17) is 11.5 Å². The van der Waals surface area contributed by atoms with Crippen LogP contribution in [0, 0.1) is 0 Å². The van der Waals surface area contributed by atoms with Gasteiger partial charge in [-0.05, 0) is 18.2 Å². The second-order valence-electron chi connectivity index (χ2n) is 2.32. The molecule has 4 heteroatoms. The van der Waals surface area contributed by atoms with Crippen LogP contribution in [-0.4, -0.2) is 12.3 Å². The third-order valence-corrected chi connectivity index (χ3v) is 2.95. The van der Waals surface area contributed by atoms with E-state index >= 15 is 0 Å². The normalized spacial score (nSPS) is 10.2. The summed E-state index contributed by atoms with van der Waals surface area (Å²) in [4.78, 5) is 1.09. The van der Waals surface area contributed by atoms with E-state index in [1.807, 2.05) is 18.2 Å². The molecule has 0 amide bonds. The van der Waals surface area contributed by atoms with Crippen molar-refractivity contribution in [1.82, 2.24) is 0 Å². The zero-order valence-electron chi connectivity index (χ0n) is 6.59. The van der Waals surface area contributed by atoms with Crippen LogP contribution in [0.5, 0.6) is 0 Å². The van der Waals surface area contributed by atoms with Crippen molar-refractivity contribution in [2.24, 2.45) is 5.73 Å². The van der Waals surface area contributed by atoms with Crippen LogP contribution in [0.25, 0.3) is 0 Å². The molecule has 1 aromatic carbocycles. The molecule has 2 nitrogen and oxygen atoms in total. The number of thioether (sulfide) groups is 1. The van der Waals surface area contributed by atoms with Gasteiger partial charge >= 0.3 is 0 Å². The van der Waals surface area contributed by atoms with Crippen LogP contribution in [-0.2, 0) is 0 Å². The van der Waals surface area contributed by atoms with Crippen molar-refractivity contribution < 1.29 is 0 Å². The predicted molar refractivity (Wildman–Crippen MR) is 58.3 cm³/mol. The summed E-state index contributed by atoms with van der Waals surface area (Å²) < 4.78 is 1.05. The summed E-state index contributed by atoms with van der Waals surface area (Å²) in [5.41, 5.74) is 12.0. The molecule has 0 saturated heterocycles. The minimum absolute atomic E-state index is 0.677. The van der Waals surface area contributed by atoms with Gasteiger partial charge in [-0.3, -0.25) is 0 Å². The topological polar surface area (TPSA) is 52.0 Å². The van der Waals surface area contributed by atoms with E-state index in [1.165, 1.54) is 0 Å². The summed E-state index contributed by atoms with van der Waals surface area (Å²) in [5, 5.41) is 0. The molecule has 0 heterocycles. The molecule has 0 saturated carbocycles. The van der Waals surface area contributed by atoms with Crippen molar-refractivity contribution in [2.75, 3.05) is 18.0 Å². The zero-order chi connectivity index (χ0) is 8.97. The molecule has 0 aliphatic carbocycles. The van der Waals surface area contributed by atoms with Gasteiger partial charge in [-0.1, -0.05) is 15.9 Å². The van der Waals surface area contributed by atoms with Crippen LogP contribution in [0.2, 0.25) is 0 Å². The van der Waals surface area contributed by atoms with Gasteiger partial charge in [0.05, 0.1) is 0 Å². The van der Waals surface area contributed by atoms with Gasteiger partial charge in [0.1, 0.15) is 0 Å². The van der Waals surface area contributed by atoms with Crippen molar-refractivity contribution >= 4 is 33.4 Å². The molecule has 0 fully saturated rings. The highest BCUT2D eigenvalue weighted by atomic mass is 79.9. The maximum absolute atomic E-state index is 5.75. The Kier molecular flexibility index (Phi) is 3.91. The van der Waals surface area contributed by atoms with Gasteiger partial charge in [-0.15, -0.1) is 11.8 Å². The lowest BCUT2D eigenvalue weighted by molar-refractivity contribution is 1.15. The lowest BCUT2D eigenvalue weighted by Gasteiger charge is -2.04. The molecule has 66 valence electrons. The van der Waals surface area contributed by atoms with Crippen LogP contribution < -0.4 is 11.5 Å². The molecular weight excluding hydrogens is 236 g/mol. The fraction of sp³-hybridized carbons (Fsp3) is 0.250. The Morgan fingerprint density at radius 2 is 2.17 bits per heavy atom. The van der Waals surface area contributed by atoms with Gasteiger partial charge in [-0.25, -0.2) is 0 Å². The Hall–Kier alpha value is -0.190. The standard InChI is InChI=1S/C8H11BrN2S/c9-6-1-2-7(11)8(5-6)12-4-3-10/h1-2,5H,3-4,10-11H2. The second-order valence-corrected chi connectivity index (χ2v) is 4.37. The molecule has 1 rings (SSSR count). The van der Waals surface area contributed by atoms with Crippen molar-refractivity contribution in [2.45, 2.75) is 4.90 Å². The molecule has 0 atom stereocenters. The Morgan fingerprint density at radius 3 is 2.83 bits per heavy atom. The maximum Gasteiger partial charge on any atom is 0.0453 e. The molecule has 1 aromatic rings. The van der Waals surface area contributed by atoms with E-state index in [9.17, 15) is 0 Å². The number of rotatable bonds is 3. The zero-order valence-corrected chi connectivity index (χ0v) is 8.99. The molecule has 0 unspecified atom stereocenters. The van der Waals surface area contributed by atoms with E-state index in [1.54, 1.807) is 11.8 Å². The van der Waals surface area contributed by atoms with Crippen molar-refractivity contribution in [3.8, 4) is 0 Å². The third-order valence-electron chi connectivity index (χ3n) is 1.35. The van der Waals surface area contributed by atoms with Crippen molar-refractivity contribution in [1.29, 1.82) is 0 Å². The Labute approximate surface area is 84.8 Å². The van der Waals surface area contributed by atoms with Gasteiger partial charge in [-0.2, -0.15) is 0 Å². The largest absolute Gasteiger partial charge is 0.398 e.